The Bertz CT molecular complexity index is 1110. The first kappa shape index (κ1) is 28.9. The Morgan fingerprint density at radius 1 is 1.21 bits per heavy atom. The number of hydrogen-bond acceptors (Lipinski definition) is 6. The van der Waals surface area contributed by atoms with Crippen LogP contribution in [0.15, 0.2) is 30.5 Å². The van der Waals surface area contributed by atoms with Crippen molar-refractivity contribution in [1.82, 2.24) is 20.1 Å². The molecule has 2 aliphatic rings. The van der Waals surface area contributed by atoms with Gasteiger partial charge < -0.3 is 15.0 Å². The van der Waals surface area contributed by atoms with Gasteiger partial charge in [-0.2, -0.15) is 0 Å². The average Bonchev–Trinajstić information content (AvgIpc) is 2.90. The van der Waals surface area contributed by atoms with Crippen molar-refractivity contribution in [2.24, 2.45) is 0 Å². The third-order valence-corrected chi connectivity index (χ3v) is 8.16. The molecular formula is C28H40Cl2FN5O2. The third-order valence-electron chi connectivity index (χ3n) is 7.65. The molecule has 1 aromatic heterocycles. The van der Waals surface area contributed by atoms with Crippen LogP contribution in [0.25, 0.3) is 0 Å². The number of ether oxygens (including phenoxy) is 1. The number of carbonyl (C=O) groups is 1. The lowest BCUT2D eigenvalue weighted by atomic mass is 9.97. The van der Waals surface area contributed by atoms with Gasteiger partial charge in [0.2, 0.25) is 0 Å². The minimum absolute atomic E-state index is 0. The van der Waals surface area contributed by atoms with Crippen LogP contribution in [0.2, 0.25) is 10.0 Å². The van der Waals surface area contributed by atoms with E-state index in [0.717, 1.165) is 63.4 Å². The summed E-state index contributed by atoms with van der Waals surface area (Å²) < 4.78 is 19.6. The molecule has 38 heavy (non-hydrogen) atoms. The van der Waals surface area contributed by atoms with Gasteiger partial charge in [-0.1, -0.05) is 36.2 Å². The fourth-order valence-electron chi connectivity index (χ4n) is 5.52. The highest BCUT2D eigenvalue weighted by Gasteiger charge is 2.34. The first-order valence-electron chi connectivity index (χ1n) is 13.6. The zero-order valence-corrected chi connectivity index (χ0v) is 23.9. The lowest BCUT2D eigenvalue weighted by molar-refractivity contribution is 0.0607. The maximum Gasteiger partial charge on any atom is 0.407 e. The molecule has 2 saturated heterocycles. The summed E-state index contributed by atoms with van der Waals surface area (Å²) in [4.78, 5) is 23.7. The van der Waals surface area contributed by atoms with E-state index < -0.39 is 12.2 Å². The van der Waals surface area contributed by atoms with E-state index in [4.69, 9.17) is 27.9 Å². The molecule has 2 atom stereocenters. The number of piperazine rings is 1. The highest BCUT2D eigenvalue weighted by molar-refractivity contribution is 6.33. The molecule has 1 N–H and O–H groups in total. The first-order chi connectivity index (χ1) is 18.3. The lowest BCUT2D eigenvalue weighted by Gasteiger charge is -2.47. The van der Waals surface area contributed by atoms with Crippen molar-refractivity contribution in [1.29, 1.82) is 0 Å². The first-order valence-corrected chi connectivity index (χ1v) is 14.3. The van der Waals surface area contributed by atoms with Crippen LogP contribution in [0.1, 0.15) is 58.7 Å². The molecule has 2 fully saturated rings. The summed E-state index contributed by atoms with van der Waals surface area (Å²) in [5.74, 6) is 0.546. The second-order valence-corrected chi connectivity index (χ2v) is 11.0. The Hall–Kier alpha value is -2.13. The van der Waals surface area contributed by atoms with E-state index in [1.54, 1.807) is 18.3 Å². The van der Waals surface area contributed by atoms with Crippen molar-refractivity contribution in [3.05, 3.63) is 57.5 Å². The van der Waals surface area contributed by atoms with Crippen molar-refractivity contribution in [2.45, 2.75) is 64.8 Å². The standard InChI is InChI=1S/C28H38Cl2FN5O2.H2/c1-4-23-18-35(27-25(30)14-21(16-33-27)19(3)38-28(37)32-5-2)12-13-36(23)24-8-10-34(11-9-24)17-20-6-7-22(29)15-26(20)31;/h6-7,14-16,19,23-24H,4-5,8-13,17-18H2,1-3H3,(H,32,37);1H/t19?,23-;/m0./s1. The number of pyridine rings is 1. The van der Waals surface area contributed by atoms with Gasteiger partial charge in [-0.3, -0.25) is 9.80 Å². The number of aromatic nitrogens is 1. The van der Waals surface area contributed by atoms with E-state index in [1.807, 2.05) is 19.9 Å². The predicted octanol–water partition coefficient (Wildman–Crippen LogP) is 6.15. The topological polar surface area (TPSA) is 60.9 Å². The van der Waals surface area contributed by atoms with Gasteiger partial charge in [0.1, 0.15) is 17.7 Å². The highest BCUT2D eigenvalue weighted by atomic mass is 35.5. The van der Waals surface area contributed by atoms with Crippen molar-refractivity contribution in [3.8, 4) is 0 Å². The molecule has 0 aliphatic carbocycles. The number of benzene rings is 1. The van der Waals surface area contributed by atoms with E-state index in [-0.39, 0.29) is 7.24 Å². The molecule has 2 aliphatic heterocycles. The van der Waals surface area contributed by atoms with Gasteiger partial charge in [-0.05, 0) is 64.4 Å². The quantitative estimate of drug-likeness (QED) is 0.413. The summed E-state index contributed by atoms with van der Waals surface area (Å²) in [6.07, 6.45) is 4.04. The summed E-state index contributed by atoms with van der Waals surface area (Å²) in [6.45, 7) is 11.6. The molecule has 7 nitrogen and oxygen atoms in total. The van der Waals surface area contributed by atoms with Crippen LogP contribution in [0.3, 0.4) is 0 Å². The summed E-state index contributed by atoms with van der Waals surface area (Å²) in [6, 6.07) is 7.72. The summed E-state index contributed by atoms with van der Waals surface area (Å²) in [5.41, 5.74) is 1.47. The summed E-state index contributed by atoms with van der Waals surface area (Å²) >= 11 is 12.6. The molecule has 3 heterocycles. The minimum Gasteiger partial charge on any atom is -0.442 e. The number of piperidine rings is 1. The van der Waals surface area contributed by atoms with Crippen molar-refractivity contribution in [3.63, 3.8) is 0 Å². The smallest absolute Gasteiger partial charge is 0.407 e. The zero-order chi connectivity index (χ0) is 27.2. The molecule has 1 aromatic carbocycles. The monoisotopic (exact) mass is 567 g/mol. The molecule has 10 heteroatoms. The molecular weight excluding hydrogens is 528 g/mol. The zero-order valence-electron chi connectivity index (χ0n) is 22.4. The molecule has 1 amide bonds. The van der Waals surface area contributed by atoms with Gasteiger partial charge in [0, 0.05) is 68.6 Å². The van der Waals surface area contributed by atoms with Crippen molar-refractivity contribution in [2.75, 3.05) is 44.2 Å². The number of anilines is 1. The molecule has 4 rings (SSSR count). The van der Waals surface area contributed by atoms with E-state index in [0.29, 0.717) is 40.8 Å². The van der Waals surface area contributed by atoms with Gasteiger partial charge in [0.05, 0.1) is 5.02 Å². The number of nitrogens with zero attached hydrogens (tertiary/aromatic N) is 4. The van der Waals surface area contributed by atoms with E-state index in [9.17, 15) is 9.18 Å². The normalized spacial score (nSPS) is 20.4. The Kier molecular flexibility index (Phi) is 10.1. The number of hydrogen-bond donors (Lipinski definition) is 1. The van der Waals surface area contributed by atoms with Crippen LogP contribution in [0.5, 0.6) is 0 Å². The van der Waals surface area contributed by atoms with E-state index >= 15 is 0 Å². The van der Waals surface area contributed by atoms with Crippen LogP contribution in [0, 0.1) is 5.82 Å². The number of carbonyl (C=O) groups excluding carboxylic acids is 1. The number of rotatable bonds is 8. The summed E-state index contributed by atoms with van der Waals surface area (Å²) in [7, 11) is 0. The maximum absolute atomic E-state index is 14.3. The van der Waals surface area contributed by atoms with Gasteiger partial charge in [-0.15, -0.1) is 0 Å². The number of halogens is 3. The van der Waals surface area contributed by atoms with Crippen LogP contribution < -0.4 is 10.2 Å². The Balaban J connectivity index is 0.00000420. The van der Waals surface area contributed by atoms with Crippen LogP contribution in [-0.2, 0) is 11.3 Å². The average molecular weight is 569 g/mol. The lowest BCUT2D eigenvalue weighted by Crippen LogP contribution is -2.58. The van der Waals surface area contributed by atoms with E-state index in [1.165, 1.54) is 6.07 Å². The number of nitrogens with one attached hydrogen (secondary N) is 1. The number of amides is 1. The van der Waals surface area contributed by atoms with E-state index in [2.05, 4.69) is 31.9 Å². The van der Waals surface area contributed by atoms with Crippen molar-refractivity contribution < 1.29 is 15.3 Å². The number of likely N-dealkylation sites (tertiary alicyclic amines) is 1. The summed E-state index contributed by atoms with van der Waals surface area (Å²) in [5, 5.41) is 3.64. The Labute approximate surface area is 236 Å². The fourth-order valence-corrected chi connectivity index (χ4v) is 5.97. The predicted molar refractivity (Wildman–Crippen MR) is 153 cm³/mol. The minimum atomic E-state index is -0.454. The van der Waals surface area contributed by atoms with Crippen LogP contribution >= 0.6 is 23.2 Å². The number of alkyl carbamates (subject to hydrolysis) is 1. The molecule has 0 bridgehead atoms. The molecule has 0 radical (unpaired) electrons. The molecule has 210 valence electrons. The largest absolute Gasteiger partial charge is 0.442 e. The van der Waals surface area contributed by atoms with Gasteiger partial charge >= 0.3 is 6.09 Å². The SMILES string of the molecule is CCNC(=O)OC(C)c1cnc(N2CCN(C3CCN(Cc4ccc(Cl)cc4F)CC3)[C@@H](CC)C2)c(Cl)c1.[HH]. The van der Waals surface area contributed by atoms with Crippen LogP contribution in [-0.4, -0.2) is 72.2 Å². The molecule has 0 saturated carbocycles. The van der Waals surface area contributed by atoms with Gasteiger partial charge in [0.25, 0.3) is 0 Å². The molecule has 1 unspecified atom stereocenters. The molecule has 2 aromatic rings. The Morgan fingerprint density at radius 3 is 2.63 bits per heavy atom. The molecule has 0 spiro atoms. The highest BCUT2D eigenvalue weighted by Crippen LogP contribution is 2.31. The van der Waals surface area contributed by atoms with Crippen LogP contribution in [0.4, 0.5) is 15.0 Å². The Morgan fingerprint density at radius 2 is 1.97 bits per heavy atom. The fraction of sp³-hybridized carbons (Fsp3) is 0.571. The second-order valence-electron chi connectivity index (χ2n) is 10.1. The van der Waals surface area contributed by atoms with Crippen molar-refractivity contribution >= 4 is 35.1 Å². The second kappa shape index (κ2) is 13.3. The van der Waals surface area contributed by atoms with Gasteiger partial charge in [-0.25, -0.2) is 14.2 Å². The maximum atomic E-state index is 14.3. The van der Waals surface area contributed by atoms with Gasteiger partial charge in [0.15, 0.2) is 0 Å². The third kappa shape index (κ3) is 7.08.